The van der Waals surface area contributed by atoms with Gasteiger partial charge in [0.15, 0.2) is 11.5 Å². The number of nitrogens with zero attached hydrogens (tertiary/aromatic N) is 2. The fourth-order valence-electron chi connectivity index (χ4n) is 2.23. The van der Waals surface area contributed by atoms with Gasteiger partial charge in [-0.15, -0.1) is 0 Å². The van der Waals surface area contributed by atoms with E-state index in [-0.39, 0.29) is 17.2 Å². The second kappa shape index (κ2) is 6.80. The number of hydrogen-bond donors (Lipinski definition) is 1. The largest absolute Gasteiger partial charge is 0.504 e. The highest BCUT2D eigenvalue weighted by Gasteiger charge is 2.21. The zero-order valence-corrected chi connectivity index (χ0v) is 13.8. The average Bonchev–Trinajstić information content (AvgIpc) is 3.01. The number of amides is 1. The number of rotatable bonds is 3. The standard InChI is InChI=1S/C15H15IN2O3/c1-21-13-8-10(7-12(16)14(13)19)6-11(9-17)15(20)18-4-2-3-5-18/h6-8,19H,2-5H2,1H3/b11-6+. The molecule has 0 aliphatic carbocycles. The fraction of sp³-hybridized carbons (Fsp3) is 0.333. The van der Waals surface area contributed by atoms with Crippen molar-refractivity contribution in [2.24, 2.45) is 0 Å². The number of ether oxygens (including phenoxy) is 1. The third-order valence-corrected chi connectivity index (χ3v) is 4.15. The van der Waals surface area contributed by atoms with E-state index < -0.39 is 0 Å². The topological polar surface area (TPSA) is 73.6 Å². The van der Waals surface area contributed by atoms with Crippen LogP contribution in [0.15, 0.2) is 17.7 Å². The summed E-state index contributed by atoms with van der Waals surface area (Å²) in [6.45, 7) is 1.41. The van der Waals surface area contributed by atoms with Crippen LogP contribution in [0.1, 0.15) is 18.4 Å². The van der Waals surface area contributed by atoms with Gasteiger partial charge in [-0.1, -0.05) is 0 Å². The lowest BCUT2D eigenvalue weighted by atomic mass is 10.1. The van der Waals surface area contributed by atoms with Gasteiger partial charge >= 0.3 is 0 Å². The predicted octanol–water partition coefficient (Wildman–Crippen LogP) is 2.53. The van der Waals surface area contributed by atoms with Gasteiger partial charge in [-0.3, -0.25) is 4.79 Å². The first kappa shape index (κ1) is 15.6. The molecule has 0 radical (unpaired) electrons. The van der Waals surface area contributed by atoms with Crippen molar-refractivity contribution in [3.05, 3.63) is 26.8 Å². The monoisotopic (exact) mass is 398 g/mol. The van der Waals surface area contributed by atoms with Crippen molar-refractivity contribution in [1.82, 2.24) is 4.90 Å². The Bertz CT molecular complexity index is 629. The number of nitriles is 1. The third-order valence-electron chi connectivity index (χ3n) is 3.33. The summed E-state index contributed by atoms with van der Waals surface area (Å²) in [7, 11) is 1.46. The van der Waals surface area contributed by atoms with Gasteiger partial charge in [0.1, 0.15) is 11.6 Å². The van der Waals surface area contributed by atoms with E-state index in [2.05, 4.69) is 0 Å². The van der Waals surface area contributed by atoms with Gasteiger partial charge in [0.25, 0.3) is 5.91 Å². The highest BCUT2D eigenvalue weighted by Crippen LogP contribution is 2.33. The molecule has 0 atom stereocenters. The summed E-state index contributed by atoms with van der Waals surface area (Å²) in [4.78, 5) is 13.9. The van der Waals surface area contributed by atoms with Crippen LogP contribution in [0.2, 0.25) is 0 Å². The van der Waals surface area contributed by atoms with Crippen LogP contribution in [-0.4, -0.2) is 36.1 Å². The van der Waals surface area contributed by atoms with Crippen LogP contribution < -0.4 is 4.74 Å². The van der Waals surface area contributed by atoms with Gasteiger partial charge < -0.3 is 14.7 Å². The maximum atomic E-state index is 12.2. The minimum atomic E-state index is -0.239. The molecule has 1 aliphatic heterocycles. The number of halogens is 1. The van der Waals surface area contributed by atoms with Crippen LogP contribution in [0.25, 0.3) is 6.08 Å². The Morgan fingerprint density at radius 1 is 1.48 bits per heavy atom. The molecule has 110 valence electrons. The molecule has 0 bridgehead atoms. The minimum Gasteiger partial charge on any atom is -0.504 e. The van der Waals surface area contributed by atoms with Gasteiger partial charge in [0.2, 0.25) is 0 Å². The lowest BCUT2D eigenvalue weighted by Crippen LogP contribution is -2.28. The first-order valence-electron chi connectivity index (χ1n) is 6.54. The molecule has 0 spiro atoms. The molecule has 6 heteroatoms. The number of carbonyl (C=O) groups is 1. The summed E-state index contributed by atoms with van der Waals surface area (Å²) in [5, 5.41) is 19.0. The van der Waals surface area contributed by atoms with Gasteiger partial charge in [0.05, 0.1) is 10.7 Å². The zero-order valence-electron chi connectivity index (χ0n) is 11.6. The van der Waals surface area contributed by atoms with E-state index in [1.807, 2.05) is 28.7 Å². The van der Waals surface area contributed by atoms with E-state index in [0.717, 1.165) is 12.8 Å². The van der Waals surface area contributed by atoms with Gasteiger partial charge in [-0.25, -0.2) is 0 Å². The molecule has 1 aromatic carbocycles. The van der Waals surface area contributed by atoms with Crippen LogP contribution in [0.5, 0.6) is 11.5 Å². The quantitative estimate of drug-likeness (QED) is 0.483. The maximum absolute atomic E-state index is 12.2. The lowest BCUT2D eigenvalue weighted by molar-refractivity contribution is -0.125. The van der Waals surface area contributed by atoms with Crippen LogP contribution in [-0.2, 0) is 4.79 Å². The third kappa shape index (κ3) is 3.47. The molecule has 1 aromatic rings. The van der Waals surface area contributed by atoms with Crippen molar-refractivity contribution in [2.75, 3.05) is 20.2 Å². The van der Waals surface area contributed by atoms with E-state index in [1.165, 1.54) is 13.2 Å². The number of phenols is 1. The lowest BCUT2D eigenvalue weighted by Gasteiger charge is -2.14. The second-order valence-corrected chi connectivity index (χ2v) is 5.88. The summed E-state index contributed by atoms with van der Waals surface area (Å²) in [5.41, 5.74) is 0.749. The molecule has 1 heterocycles. The van der Waals surface area contributed by atoms with Crippen LogP contribution in [0.3, 0.4) is 0 Å². The first-order chi connectivity index (χ1) is 10.1. The zero-order chi connectivity index (χ0) is 15.4. The molecule has 1 aliphatic rings. The molecule has 1 saturated heterocycles. The number of carbonyl (C=O) groups excluding carboxylic acids is 1. The number of methoxy groups -OCH3 is 1. The molecular weight excluding hydrogens is 383 g/mol. The number of aromatic hydroxyl groups is 1. The Hall–Kier alpha value is -1.75. The van der Waals surface area contributed by atoms with E-state index >= 15 is 0 Å². The van der Waals surface area contributed by atoms with Gasteiger partial charge in [-0.05, 0) is 59.2 Å². The molecule has 0 saturated carbocycles. The second-order valence-electron chi connectivity index (χ2n) is 4.72. The summed E-state index contributed by atoms with van der Waals surface area (Å²) in [5.74, 6) is 0.135. The van der Waals surface area contributed by atoms with Gasteiger partial charge in [0, 0.05) is 13.1 Å². The molecule has 0 unspecified atom stereocenters. The first-order valence-corrected chi connectivity index (χ1v) is 7.62. The van der Waals surface area contributed by atoms with Crippen molar-refractivity contribution in [3.63, 3.8) is 0 Å². The van der Waals surface area contributed by atoms with Crippen LogP contribution >= 0.6 is 22.6 Å². The van der Waals surface area contributed by atoms with Crippen molar-refractivity contribution in [2.45, 2.75) is 12.8 Å². The SMILES string of the molecule is COc1cc(/C=C(\C#N)C(=O)N2CCCC2)cc(I)c1O. The van der Waals surface area contributed by atoms with Crippen LogP contribution in [0.4, 0.5) is 0 Å². The molecule has 1 N–H and O–H groups in total. The Kier molecular flexibility index (Phi) is 5.07. The normalized spacial score (nSPS) is 14.9. The summed E-state index contributed by atoms with van der Waals surface area (Å²) in [6, 6.07) is 5.27. The van der Waals surface area contributed by atoms with E-state index in [1.54, 1.807) is 17.0 Å². The van der Waals surface area contributed by atoms with Crippen molar-refractivity contribution in [1.29, 1.82) is 5.26 Å². The summed E-state index contributed by atoms with van der Waals surface area (Å²) in [6.07, 6.45) is 3.50. The number of hydrogen-bond acceptors (Lipinski definition) is 4. The van der Waals surface area contributed by atoms with Crippen LogP contribution in [0, 0.1) is 14.9 Å². The highest BCUT2D eigenvalue weighted by atomic mass is 127. The molecular formula is C15H15IN2O3. The Labute approximate surface area is 137 Å². The maximum Gasteiger partial charge on any atom is 0.264 e. The number of likely N-dealkylation sites (tertiary alicyclic amines) is 1. The Morgan fingerprint density at radius 2 is 2.14 bits per heavy atom. The molecule has 1 amide bonds. The van der Waals surface area contributed by atoms with E-state index in [4.69, 9.17) is 4.74 Å². The van der Waals surface area contributed by atoms with Gasteiger partial charge in [-0.2, -0.15) is 5.26 Å². The Morgan fingerprint density at radius 3 is 2.71 bits per heavy atom. The smallest absolute Gasteiger partial charge is 0.264 e. The highest BCUT2D eigenvalue weighted by molar-refractivity contribution is 14.1. The number of phenolic OH excluding ortho intramolecular Hbond substituents is 1. The van der Waals surface area contributed by atoms with Crippen molar-refractivity contribution < 1.29 is 14.6 Å². The predicted molar refractivity (Wildman–Crippen MR) is 86.8 cm³/mol. The van der Waals surface area contributed by atoms with E-state index in [9.17, 15) is 15.2 Å². The van der Waals surface area contributed by atoms with Crippen molar-refractivity contribution in [3.8, 4) is 17.6 Å². The van der Waals surface area contributed by atoms with Crippen molar-refractivity contribution >= 4 is 34.6 Å². The summed E-state index contributed by atoms with van der Waals surface area (Å²) >= 11 is 1.98. The molecule has 5 nitrogen and oxygen atoms in total. The minimum absolute atomic E-state index is 0.0552. The molecule has 1 fully saturated rings. The number of benzene rings is 1. The molecule has 2 rings (SSSR count). The molecule has 21 heavy (non-hydrogen) atoms. The average molecular weight is 398 g/mol. The Balaban J connectivity index is 2.34. The summed E-state index contributed by atoms with van der Waals surface area (Å²) < 4.78 is 5.68. The molecule has 0 aromatic heterocycles. The fourth-order valence-corrected chi connectivity index (χ4v) is 2.86. The van der Waals surface area contributed by atoms with E-state index in [0.29, 0.717) is 28.0 Å².